The minimum atomic E-state index is -0.671. The van der Waals surface area contributed by atoms with E-state index in [1.807, 2.05) is 0 Å². The van der Waals surface area contributed by atoms with Crippen LogP contribution in [-0.2, 0) is 16.1 Å². The van der Waals surface area contributed by atoms with Gasteiger partial charge < -0.3 is 16.2 Å². The van der Waals surface area contributed by atoms with Gasteiger partial charge in [0, 0.05) is 11.6 Å². The van der Waals surface area contributed by atoms with Crippen LogP contribution in [0.15, 0.2) is 30.3 Å². The molecule has 8 heteroatoms. The van der Waals surface area contributed by atoms with Crippen molar-refractivity contribution in [3.63, 3.8) is 0 Å². The van der Waals surface area contributed by atoms with Crippen LogP contribution in [0, 0.1) is 5.82 Å². The van der Waals surface area contributed by atoms with E-state index in [0.29, 0.717) is 0 Å². The van der Waals surface area contributed by atoms with Gasteiger partial charge in [0.2, 0.25) is 11.9 Å². The average molecular weight is 289 g/mol. The van der Waals surface area contributed by atoms with Crippen molar-refractivity contribution < 1.29 is 13.9 Å². The summed E-state index contributed by atoms with van der Waals surface area (Å²) in [6.07, 6.45) is 2.42. The van der Waals surface area contributed by atoms with Gasteiger partial charge in [-0.1, -0.05) is 18.2 Å². The van der Waals surface area contributed by atoms with Gasteiger partial charge in [0.25, 0.3) is 0 Å². The Morgan fingerprint density at radius 1 is 1.19 bits per heavy atom. The lowest BCUT2D eigenvalue weighted by atomic mass is 10.2. The van der Waals surface area contributed by atoms with Crippen molar-refractivity contribution in [3.05, 3.63) is 47.5 Å². The quantitative estimate of drug-likeness (QED) is 0.635. The van der Waals surface area contributed by atoms with Gasteiger partial charge in [0.15, 0.2) is 12.4 Å². The van der Waals surface area contributed by atoms with Crippen LogP contribution in [0.1, 0.15) is 11.4 Å². The molecule has 7 nitrogen and oxygen atoms in total. The Labute approximate surface area is 119 Å². The lowest BCUT2D eigenvalue weighted by Gasteiger charge is -2.02. The minimum absolute atomic E-state index is 0.0598. The van der Waals surface area contributed by atoms with Crippen LogP contribution in [0.5, 0.6) is 0 Å². The third kappa shape index (κ3) is 4.23. The van der Waals surface area contributed by atoms with Crippen LogP contribution >= 0.6 is 0 Å². The summed E-state index contributed by atoms with van der Waals surface area (Å²) in [6.45, 7) is -0.211. The molecule has 0 amide bonds. The van der Waals surface area contributed by atoms with Crippen molar-refractivity contribution in [3.8, 4) is 0 Å². The summed E-state index contributed by atoms with van der Waals surface area (Å²) in [5.41, 5.74) is 11.0. The third-order valence-corrected chi connectivity index (χ3v) is 2.36. The van der Waals surface area contributed by atoms with Crippen molar-refractivity contribution in [2.75, 3.05) is 11.5 Å². The number of nitrogens with two attached hydrogens (primary N) is 2. The van der Waals surface area contributed by atoms with E-state index < -0.39 is 11.8 Å². The molecule has 2 aromatic rings. The molecule has 4 N–H and O–H groups in total. The number of carbonyl (C=O) groups is 1. The highest BCUT2D eigenvalue weighted by Crippen LogP contribution is 2.08. The zero-order chi connectivity index (χ0) is 15.2. The normalized spacial score (nSPS) is 10.7. The second kappa shape index (κ2) is 6.42. The van der Waals surface area contributed by atoms with Crippen LogP contribution in [0.25, 0.3) is 6.08 Å². The van der Waals surface area contributed by atoms with E-state index in [-0.39, 0.29) is 29.9 Å². The fourth-order valence-corrected chi connectivity index (χ4v) is 1.47. The largest absolute Gasteiger partial charge is 0.454 e. The first-order chi connectivity index (χ1) is 10.0. The molecule has 0 aliphatic carbocycles. The summed E-state index contributed by atoms with van der Waals surface area (Å²) < 4.78 is 18.2. The Bertz CT molecular complexity index is 670. The number of carbonyl (C=O) groups excluding carboxylic acids is 1. The summed E-state index contributed by atoms with van der Waals surface area (Å²) in [5.74, 6) is -1.09. The number of rotatable bonds is 4. The Kier molecular flexibility index (Phi) is 4.39. The maximum absolute atomic E-state index is 13.3. The van der Waals surface area contributed by atoms with E-state index in [1.54, 1.807) is 12.1 Å². The van der Waals surface area contributed by atoms with Crippen LogP contribution in [0.3, 0.4) is 0 Å². The molecular formula is C13H12FN5O2. The van der Waals surface area contributed by atoms with Crippen LogP contribution in [0.2, 0.25) is 0 Å². The number of esters is 1. The molecule has 1 heterocycles. The molecule has 0 fully saturated rings. The van der Waals surface area contributed by atoms with Gasteiger partial charge in [0.1, 0.15) is 5.82 Å². The second-order valence-electron chi connectivity index (χ2n) is 3.93. The summed E-state index contributed by atoms with van der Waals surface area (Å²) in [6, 6.07) is 6.04. The SMILES string of the molecule is Nc1nc(N)nc(COC(=O)/C=C/c2ccccc2F)n1. The van der Waals surface area contributed by atoms with Crippen molar-refractivity contribution in [1.29, 1.82) is 0 Å². The number of aromatic nitrogens is 3. The number of nitrogens with zero attached hydrogens (tertiary/aromatic N) is 3. The van der Waals surface area contributed by atoms with E-state index in [2.05, 4.69) is 15.0 Å². The zero-order valence-corrected chi connectivity index (χ0v) is 10.9. The number of nitrogen functional groups attached to an aromatic ring is 2. The van der Waals surface area contributed by atoms with E-state index in [4.69, 9.17) is 16.2 Å². The molecule has 0 aliphatic rings. The smallest absolute Gasteiger partial charge is 0.331 e. The molecule has 0 saturated heterocycles. The Balaban J connectivity index is 1.95. The van der Waals surface area contributed by atoms with Gasteiger partial charge in [-0.25, -0.2) is 9.18 Å². The standard InChI is InChI=1S/C13H12FN5O2/c14-9-4-2-1-3-8(9)5-6-11(20)21-7-10-17-12(15)19-13(16)18-10/h1-6H,7H2,(H4,15,16,17,18,19)/b6-5+. The van der Waals surface area contributed by atoms with Crippen LogP contribution < -0.4 is 11.5 Å². The summed E-state index contributed by atoms with van der Waals surface area (Å²) in [7, 11) is 0. The third-order valence-electron chi connectivity index (χ3n) is 2.36. The van der Waals surface area contributed by atoms with Gasteiger partial charge in [-0.3, -0.25) is 0 Å². The Morgan fingerprint density at radius 2 is 1.86 bits per heavy atom. The highest BCUT2D eigenvalue weighted by Gasteiger charge is 2.05. The maximum Gasteiger partial charge on any atom is 0.331 e. The molecule has 1 aromatic heterocycles. The molecule has 0 atom stereocenters. The van der Waals surface area contributed by atoms with Gasteiger partial charge in [-0.15, -0.1) is 0 Å². The van der Waals surface area contributed by atoms with Crippen molar-refractivity contribution in [2.24, 2.45) is 0 Å². The van der Waals surface area contributed by atoms with E-state index in [0.717, 1.165) is 6.08 Å². The lowest BCUT2D eigenvalue weighted by Crippen LogP contribution is -2.09. The summed E-state index contributed by atoms with van der Waals surface area (Å²) in [5, 5.41) is 0. The first-order valence-corrected chi connectivity index (χ1v) is 5.90. The van der Waals surface area contributed by atoms with Crippen molar-refractivity contribution >= 4 is 23.9 Å². The summed E-state index contributed by atoms with van der Waals surface area (Å²) in [4.78, 5) is 22.6. The highest BCUT2D eigenvalue weighted by atomic mass is 19.1. The number of ether oxygens (including phenoxy) is 1. The predicted octanol–water partition coefficient (Wildman–Crippen LogP) is 0.932. The molecule has 2 rings (SSSR count). The molecule has 1 aromatic carbocycles. The van der Waals surface area contributed by atoms with Crippen molar-refractivity contribution in [1.82, 2.24) is 15.0 Å². The van der Waals surface area contributed by atoms with E-state index in [1.165, 1.54) is 18.2 Å². The van der Waals surface area contributed by atoms with E-state index in [9.17, 15) is 9.18 Å². The topological polar surface area (TPSA) is 117 Å². The molecule has 21 heavy (non-hydrogen) atoms. The predicted molar refractivity (Wildman–Crippen MR) is 73.9 cm³/mol. The molecule has 0 aliphatic heterocycles. The molecule has 0 spiro atoms. The molecule has 108 valence electrons. The first kappa shape index (κ1) is 14.4. The van der Waals surface area contributed by atoms with Gasteiger partial charge in [-0.05, 0) is 12.1 Å². The monoisotopic (exact) mass is 289 g/mol. The molecule has 0 unspecified atom stereocenters. The number of hydrogen-bond donors (Lipinski definition) is 2. The van der Waals surface area contributed by atoms with Gasteiger partial charge in [-0.2, -0.15) is 15.0 Å². The van der Waals surface area contributed by atoms with Crippen LogP contribution in [0.4, 0.5) is 16.3 Å². The Hall–Kier alpha value is -3.03. The molecule has 0 radical (unpaired) electrons. The summed E-state index contributed by atoms with van der Waals surface area (Å²) >= 11 is 0. The number of anilines is 2. The minimum Gasteiger partial charge on any atom is -0.454 e. The first-order valence-electron chi connectivity index (χ1n) is 5.90. The molecule has 0 bridgehead atoms. The maximum atomic E-state index is 13.3. The number of hydrogen-bond acceptors (Lipinski definition) is 7. The zero-order valence-electron chi connectivity index (χ0n) is 10.9. The number of benzene rings is 1. The highest BCUT2D eigenvalue weighted by molar-refractivity contribution is 5.87. The van der Waals surface area contributed by atoms with E-state index >= 15 is 0 Å². The fraction of sp³-hybridized carbons (Fsp3) is 0.0769. The molecule has 0 saturated carbocycles. The molecular weight excluding hydrogens is 277 g/mol. The van der Waals surface area contributed by atoms with Gasteiger partial charge in [0.05, 0.1) is 0 Å². The number of halogens is 1. The second-order valence-corrected chi connectivity index (χ2v) is 3.93. The lowest BCUT2D eigenvalue weighted by molar-refractivity contribution is -0.139. The fourth-order valence-electron chi connectivity index (χ4n) is 1.47. The average Bonchev–Trinajstić information content (AvgIpc) is 2.43. The van der Waals surface area contributed by atoms with Gasteiger partial charge >= 0.3 is 5.97 Å². The van der Waals surface area contributed by atoms with Crippen molar-refractivity contribution in [2.45, 2.75) is 6.61 Å². The van der Waals surface area contributed by atoms with Crippen LogP contribution in [-0.4, -0.2) is 20.9 Å². The Morgan fingerprint density at radius 3 is 2.52 bits per heavy atom.